The maximum absolute atomic E-state index is 6.50. The van der Waals surface area contributed by atoms with Crippen molar-refractivity contribution in [3.05, 3.63) is 35.4 Å². The van der Waals surface area contributed by atoms with Crippen LogP contribution in [0.3, 0.4) is 0 Å². The zero-order valence-electron chi connectivity index (χ0n) is 17.8. The molecule has 0 amide bonds. The summed E-state index contributed by atoms with van der Waals surface area (Å²) in [6, 6.07) is 8.43. The van der Waals surface area contributed by atoms with E-state index >= 15 is 0 Å². The molecule has 3 heteroatoms. The monoisotopic (exact) mass is 360 g/mol. The summed E-state index contributed by atoms with van der Waals surface area (Å²) in [5, 5.41) is 0.184. The Morgan fingerprint density at radius 2 is 1.60 bits per heavy atom. The predicted octanol–water partition coefficient (Wildman–Crippen LogP) is 6.88. The molecule has 2 nitrogen and oxygen atoms in total. The lowest BCUT2D eigenvalue weighted by Gasteiger charge is -2.53. The van der Waals surface area contributed by atoms with Gasteiger partial charge in [-0.1, -0.05) is 60.6 Å². The van der Waals surface area contributed by atoms with Crippen molar-refractivity contribution in [2.24, 2.45) is 10.8 Å². The zero-order chi connectivity index (χ0) is 19.3. The Hall–Kier alpha value is -1.22. The minimum Gasteiger partial charge on any atom is -0.543 e. The number of benzene rings is 1. The summed E-state index contributed by atoms with van der Waals surface area (Å²) in [5.41, 5.74) is 2.90. The van der Waals surface area contributed by atoms with Crippen molar-refractivity contribution < 1.29 is 9.16 Å². The van der Waals surface area contributed by atoms with Crippen LogP contribution < -0.4 is 4.43 Å². The minimum absolute atomic E-state index is 0.184. The van der Waals surface area contributed by atoms with E-state index in [9.17, 15) is 0 Å². The van der Waals surface area contributed by atoms with Crippen LogP contribution in [-0.4, -0.2) is 15.4 Å². The number of hydrogen-bond donors (Lipinski definition) is 0. The third-order valence-corrected chi connectivity index (χ3v) is 10.3. The number of allylic oxidation sites excluding steroid dienone is 1. The Morgan fingerprint density at radius 1 is 1.04 bits per heavy atom. The van der Waals surface area contributed by atoms with Crippen LogP contribution in [0.4, 0.5) is 0 Å². The van der Waals surface area contributed by atoms with Crippen LogP contribution in [0, 0.1) is 10.8 Å². The van der Waals surface area contributed by atoms with E-state index in [1.807, 2.05) is 0 Å². The van der Waals surface area contributed by atoms with E-state index in [0.717, 1.165) is 17.1 Å². The highest BCUT2D eigenvalue weighted by molar-refractivity contribution is 6.74. The van der Waals surface area contributed by atoms with Crippen LogP contribution >= 0.6 is 0 Å². The Kier molecular flexibility index (Phi) is 4.97. The van der Waals surface area contributed by atoms with Gasteiger partial charge in [-0.25, -0.2) is 0 Å². The Labute approximate surface area is 155 Å². The summed E-state index contributed by atoms with van der Waals surface area (Å²) in [6.07, 6.45) is 1.18. The van der Waals surface area contributed by atoms with Crippen LogP contribution in [0.15, 0.2) is 29.8 Å². The molecule has 0 spiro atoms. The third kappa shape index (κ3) is 3.81. The highest BCUT2D eigenvalue weighted by atomic mass is 28.4. The topological polar surface area (TPSA) is 18.5 Å². The van der Waals surface area contributed by atoms with Crippen LogP contribution in [-0.2, 0) is 4.74 Å². The molecule has 0 aliphatic heterocycles. The molecule has 140 valence electrons. The maximum atomic E-state index is 6.50. The van der Waals surface area contributed by atoms with Gasteiger partial charge in [0.15, 0.2) is 0 Å². The summed E-state index contributed by atoms with van der Waals surface area (Å²) in [5.74, 6) is 1.97. The van der Waals surface area contributed by atoms with Crippen LogP contribution in [0.5, 0.6) is 5.75 Å². The maximum Gasteiger partial charge on any atom is 0.250 e. The minimum atomic E-state index is -1.85. The predicted molar refractivity (Wildman–Crippen MR) is 110 cm³/mol. The van der Waals surface area contributed by atoms with Gasteiger partial charge in [-0.2, -0.15) is 0 Å². The fourth-order valence-electron chi connectivity index (χ4n) is 4.22. The van der Waals surface area contributed by atoms with Gasteiger partial charge in [-0.15, -0.1) is 0 Å². The van der Waals surface area contributed by atoms with Crippen LogP contribution in [0.25, 0.3) is 5.76 Å². The molecule has 0 N–H and O–H groups in total. The lowest BCUT2D eigenvalue weighted by molar-refractivity contribution is 0.122. The molecule has 0 bridgehead atoms. The molecule has 0 heterocycles. The number of rotatable bonds is 4. The quantitative estimate of drug-likeness (QED) is 0.430. The first-order valence-electron chi connectivity index (χ1n) is 9.30. The van der Waals surface area contributed by atoms with Crippen molar-refractivity contribution in [2.45, 2.75) is 73.0 Å². The van der Waals surface area contributed by atoms with E-state index in [-0.39, 0.29) is 15.9 Å². The SMILES string of the molecule is COC(=C1C(C)(C)CC1(C)C)c1cccc(O[Si](C)(C)C(C)(C)C)c1. The lowest BCUT2D eigenvalue weighted by Crippen LogP contribution is -2.44. The fourth-order valence-corrected chi connectivity index (χ4v) is 5.24. The van der Waals surface area contributed by atoms with Gasteiger partial charge < -0.3 is 9.16 Å². The number of methoxy groups -OCH3 is 1. The van der Waals surface area contributed by atoms with E-state index in [1.165, 1.54) is 12.0 Å². The second-order valence-electron chi connectivity index (χ2n) is 10.2. The summed E-state index contributed by atoms with van der Waals surface area (Å²) < 4.78 is 12.4. The lowest BCUT2D eigenvalue weighted by atomic mass is 9.51. The molecule has 1 aliphatic rings. The van der Waals surface area contributed by atoms with Crippen molar-refractivity contribution in [2.75, 3.05) is 7.11 Å². The molecular formula is C22H36O2Si. The molecule has 0 atom stereocenters. The number of ether oxygens (including phenoxy) is 1. The van der Waals surface area contributed by atoms with Gasteiger partial charge in [0.05, 0.1) is 7.11 Å². The fraction of sp³-hybridized carbons (Fsp3) is 0.636. The molecule has 0 unspecified atom stereocenters. The Balaban J connectivity index is 2.45. The Morgan fingerprint density at radius 3 is 2.04 bits per heavy atom. The zero-order valence-corrected chi connectivity index (χ0v) is 18.8. The van der Waals surface area contributed by atoms with Gasteiger partial charge in [-0.3, -0.25) is 0 Å². The Bertz CT molecular complexity index is 660. The summed E-state index contributed by atoms with van der Waals surface area (Å²) >= 11 is 0. The molecule has 0 saturated heterocycles. The van der Waals surface area contributed by atoms with E-state index in [4.69, 9.17) is 9.16 Å². The normalized spacial score (nSPS) is 19.2. The molecule has 1 aromatic carbocycles. The highest BCUT2D eigenvalue weighted by Crippen LogP contribution is 2.60. The molecular weight excluding hydrogens is 324 g/mol. The summed E-state index contributed by atoms with van der Waals surface area (Å²) in [4.78, 5) is 0. The van der Waals surface area contributed by atoms with Crippen molar-refractivity contribution >= 4 is 14.1 Å². The van der Waals surface area contributed by atoms with E-state index < -0.39 is 8.32 Å². The highest BCUT2D eigenvalue weighted by Gasteiger charge is 2.50. The molecule has 1 saturated carbocycles. The first kappa shape index (κ1) is 20.1. The first-order valence-corrected chi connectivity index (χ1v) is 12.2. The van der Waals surface area contributed by atoms with Gasteiger partial charge in [0.1, 0.15) is 11.5 Å². The molecule has 2 rings (SSSR count). The van der Waals surface area contributed by atoms with Crippen molar-refractivity contribution in [3.8, 4) is 5.75 Å². The smallest absolute Gasteiger partial charge is 0.250 e. The standard InChI is InChI=1S/C22H36O2Si/c1-20(2,3)25(9,10)24-17-13-11-12-16(14-17)18(23-8)19-21(4,5)15-22(19,6)7/h11-14H,15H2,1-10H3. The summed E-state index contributed by atoms with van der Waals surface area (Å²) in [6.45, 7) is 20.6. The van der Waals surface area contributed by atoms with Gasteiger partial charge in [0.25, 0.3) is 0 Å². The summed E-state index contributed by atoms with van der Waals surface area (Å²) in [7, 11) is -0.0628. The molecule has 25 heavy (non-hydrogen) atoms. The van der Waals surface area contributed by atoms with E-state index in [0.29, 0.717) is 0 Å². The second kappa shape index (κ2) is 6.19. The van der Waals surface area contributed by atoms with Crippen molar-refractivity contribution in [1.82, 2.24) is 0 Å². The third-order valence-electron chi connectivity index (χ3n) is 5.94. The van der Waals surface area contributed by atoms with Gasteiger partial charge in [0, 0.05) is 5.56 Å². The second-order valence-corrected chi connectivity index (χ2v) is 15.0. The average Bonchev–Trinajstić information content (AvgIpc) is 2.41. The molecule has 0 radical (unpaired) electrons. The van der Waals surface area contributed by atoms with Crippen LogP contribution in [0.2, 0.25) is 18.1 Å². The van der Waals surface area contributed by atoms with E-state index in [2.05, 4.69) is 85.8 Å². The number of hydrogen-bond acceptors (Lipinski definition) is 2. The van der Waals surface area contributed by atoms with Gasteiger partial charge in [-0.05, 0) is 53.1 Å². The van der Waals surface area contributed by atoms with Gasteiger partial charge >= 0.3 is 0 Å². The first-order chi connectivity index (χ1) is 11.2. The molecule has 1 aliphatic carbocycles. The largest absolute Gasteiger partial charge is 0.543 e. The average molecular weight is 361 g/mol. The molecule has 1 aromatic rings. The molecule has 1 fully saturated rings. The van der Waals surface area contributed by atoms with Gasteiger partial charge in [0.2, 0.25) is 8.32 Å². The van der Waals surface area contributed by atoms with Crippen molar-refractivity contribution in [1.29, 1.82) is 0 Å². The van der Waals surface area contributed by atoms with E-state index in [1.54, 1.807) is 7.11 Å². The van der Waals surface area contributed by atoms with Crippen LogP contribution in [0.1, 0.15) is 60.5 Å². The molecule has 0 aromatic heterocycles. The van der Waals surface area contributed by atoms with Crippen molar-refractivity contribution in [3.63, 3.8) is 0 Å².